The van der Waals surface area contributed by atoms with E-state index in [1.807, 2.05) is 6.92 Å². The van der Waals surface area contributed by atoms with Crippen LogP contribution in [0, 0.1) is 11.8 Å². The SMILES string of the molecule is C/C=C\C1CCCC1C(C)=O. The summed E-state index contributed by atoms with van der Waals surface area (Å²) >= 11 is 0. The molecule has 0 heterocycles. The van der Waals surface area contributed by atoms with Gasteiger partial charge in [-0.15, -0.1) is 0 Å². The van der Waals surface area contributed by atoms with E-state index in [2.05, 4.69) is 12.2 Å². The monoisotopic (exact) mass is 152 g/mol. The number of rotatable bonds is 2. The molecule has 0 amide bonds. The Hall–Kier alpha value is -0.590. The molecule has 0 aromatic carbocycles. The molecule has 0 saturated heterocycles. The lowest BCUT2D eigenvalue weighted by Gasteiger charge is -2.11. The minimum atomic E-state index is 0.325. The molecule has 1 rings (SSSR count). The number of carbonyl (C=O) groups is 1. The van der Waals surface area contributed by atoms with E-state index in [1.54, 1.807) is 6.92 Å². The second-order valence-electron chi connectivity index (χ2n) is 3.34. The van der Waals surface area contributed by atoms with Gasteiger partial charge < -0.3 is 0 Å². The summed E-state index contributed by atoms with van der Waals surface area (Å²) in [6, 6.07) is 0. The van der Waals surface area contributed by atoms with E-state index in [4.69, 9.17) is 0 Å². The Bertz CT molecular complexity index is 170. The Morgan fingerprint density at radius 2 is 2.18 bits per heavy atom. The van der Waals surface area contributed by atoms with Crippen LogP contribution in [0.5, 0.6) is 0 Å². The number of ketones is 1. The lowest BCUT2D eigenvalue weighted by molar-refractivity contribution is -0.121. The van der Waals surface area contributed by atoms with Gasteiger partial charge in [-0.2, -0.15) is 0 Å². The number of allylic oxidation sites excluding steroid dienone is 2. The van der Waals surface area contributed by atoms with Crippen LogP contribution in [-0.4, -0.2) is 5.78 Å². The molecule has 0 bridgehead atoms. The fourth-order valence-electron chi connectivity index (χ4n) is 1.97. The van der Waals surface area contributed by atoms with Crippen molar-refractivity contribution in [3.8, 4) is 0 Å². The van der Waals surface area contributed by atoms with Crippen LogP contribution in [0.2, 0.25) is 0 Å². The Morgan fingerprint density at radius 1 is 1.45 bits per heavy atom. The van der Waals surface area contributed by atoms with Gasteiger partial charge in [0.2, 0.25) is 0 Å². The molecule has 0 aliphatic heterocycles. The summed E-state index contributed by atoms with van der Waals surface area (Å²) in [5, 5.41) is 0. The first-order valence-corrected chi connectivity index (χ1v) is 4.39. The van der Waals surface area contributed by atoms with Gasteiger partial charge in [-0.3, -0.25) is 4.79 Å². The molecule has 1 fully saturated rings. The predicted molar refractivity (Wildman–Crippen MR) is 46.3 cm³/mol. The van der Waals surface area contributed by atoms with E-state index < -0.39 is 0 Å². The van der Waals surface area contributed by atoms with Gasteiger partial charge in [-0.1, -0.05) is 18.6 Å². The zero-order chi connectivity index (χ0) is 8.27. The Morgan fingerprint density at radius 3 is 2.73 bits per heavy atom. The highest BCUT2D eigenvalue weighted by Gasteiger charge is 2.27. The summed E-state index contributed by atoms with van der Waals surface area (Å²) in [6.45, 7) is 3.74. The molecular formula is C10H16O. The summed E-state index contributed by atoms with van der Waals surface area (Å²) in [4.78, 5) is 11.1. The van der Waals surface area contributed by atoms with Crippen molar-refractivity contribution in [2.24, 2.45) is 11.8 Å². The van der Waals surface area contributed by atoms with Crippen LogP contribution >= 0.6 is 0 Å². The number of hydrogen-bond donors (Lipinski definition) is 0. The normalized spacial score (nSPS) is 31.5. The molecule has 1 heteroatoms. The summed E-state index contributed by atoms with van der Waals surface area (Å²) in [5.74, 6) is 1.23. The van der Waals surface area contributed by atoms with Crippen LogP contribution in [0.3, 0.4) is 0 Å². The topological polar surface area (TPSA) is 17.1 Å². The maximum atomic E-state index is 11.1. The lowest BCUT2D eigenvalue weighted by Crippen LogP contribution is -2.13. The van der Waals surface area contributed by atoms with Crippen LogP contribution in [0.25, 0.3) is 0 Å². The van der Waals surface area contributed by atoms with Crippen molar-refractivity contribution in [3.63, 3.8) is 0 Å². The van der Waals surface area contributed by atoms with E-state index in [9.17, 15) is 4.79 Å². The molecular weight excluding hydrogens is 136 g/mol. The zero-order valence-corrected chi connectivity index (χ0v) is 7.34. The van der Waals surface area contributed by atoms with Crippen molar-refractivity contribution in [2.45, 2.75) is 33.1 Å². The third-order valence-corrected chi connectivity index (χ3v) is 2.53. The maximum Gasteiger partial charge on any atom is 0.133 e. The first-order chi connectivity index (χ1) is 5.25. The first-order valence-electron chi connectivity index (χ1n) is 4.39. The standard InChI is InChI=1S/C10H16O/c1-3-5-9-6-4-7-10(9)8(2)11/h3,5,9-10H,4,6-7H2,1-2H3/b5-3-. The fourth-order valence-corrected chi connectivity index (χ4v) is 1.97. The molecule has 1 saturated carbocycles. The van der Waals surface area contributed by atoms with E-state index >= 15 is 0 Å². The van der Waals surface area contributed by atoms with Gasteiger partial charge in [0.25, 0.3) is 0 Å². The number of Topliss-reactive ketones (excluding diaryl/α,β-unsaturated/α-hetero) is 1. The molecule has 2 unspecified atom stereocenters. The number of carbonyl (C=O) groups excluding carboxylic acids is 1. The van der Waals surface area contributed by atoms with Crippen molar-refractivity contribution < 1.29 is 4.79 Å². The van der Waals surface area contributed by atoms with E-state index in [0.29, 0.717) is 17.6 Å². The van der Waals surface area contributed by atoms with E-state index in [-0.39, 0.29) is 0 Å². The van der Waals surface area contributed by atoms with E-state index in [1.165, 1.54) is 12.8 Å². The van der Waals surface area contributed by atoms with Crippen LogP contribution in [0.1, 0.15) is 33.1 Å². The van der Waals surface area contributed by atoms with Gasteiger partial charge in [0.05, 0.1) is 0 Å². The highest BCUT2D eigenvalue weighted by molar-refractivity contribution is 5.79. The molecule has 1 aliphatic rings. The zero-order valence-electron chi connectivity index (χ0n) is 7.34. The molecule has 0 spiro atoms. The predicted octanol–water partition coefficient (Wildman–Crippen LogP) is 2.57. The van der Waals surface area contributed by atoms with Crippen LogP contribution in [-0.2, 0) is 4.79 Å². The summed E-state index contributed by atoms with van der Waals surface area (Å²) in [6.07, 6.45) is 7.77. The molecule has 0 radical (unpaired) electrons. The fraction of sp³-hybridized carbons (Fsp3) is 0.700. The third kappa shape index (κ3) is 1.92. The van der Waals surface area contributed by atoms with Gasteiger partial charge in [0.1, 0.15) is 5.78 Å². The van der Waals surface area contributed by atoms with Gasteiger partial charge in [0.15, 0.2) is 0 Å². The Balaban J connectivity index is 2.57. The maximum absolute atomic E-state index is 11.1. The van der Waals surface area contributed by atoms with Crippen molar-refractivity contribution >= 4 is 5.78 Å². The quantitative estimate of drug-likeness (QED) is 0.556. The molecule has 11 heavy (non-hydrogen) atoms. The molecule has 1 nitrogen and oxygen atoms in total. The molecule has 0 aromatic rings. The molecule has 1 aliphatic carbocycles. The van der Waals surface area contributed by atoms with Gasteiger partial charge in [-0.05, 0) is 32.6 Å². The average Bonchev–Trinajstić information content (AvgIpc) is 2.36. The van der Waals surface area contributed by atoms with E-state index in [0.717, 1.165) is 6.42 Å². The molecule has 62 valence electrons. The van der Waals surface area contributed by atoms with Crippen molar-refractivity contribution in [3.05, 3.63) is 12.2 Å². The highest BCUT2D eigenvalue weighted by Crippen LogP contribution is 2.33. The Kier molecular flexibility index (Phi) is 2.86. The van der Waals surface area contributed by atoms with Crippen LogP contribution in [0.15, 0.2) is 12.2 Å². The average molecular weight is 152 g/mol. The first kappa shape index (κ1) is 8.51. The summed E-state index contributed by atoms with van der Waals surface area (Å²) < 4.78 is 0. The van der Waals surface area contributed by atoms with Crippen molar-refractivity contribution in [1.82, 2.24) is 0 Å². The van der Waals surface area contributed by atoms with Crippen LogP contribution in [0.4, 0.5) is 0 Å². The Labute approximate surface area is 68.5 Å². The largest absolute Gasteiger partial charge is 0.300 e. The van der Waals surface area contributed by atoms with Gasteiger partial charge in [-0.25, -0.2) is 0 Å². The highest BCUT2D eigenvalue weighted by atomic mass is 16.1. The smallest absolute Gasteiger partial charge is 0.133 e. The van der Waals surface area contributed by atoms with Crippen molar-refractivity contribution in [2.75, 3.05) is 0 Å². The molecule has 0 aromatic heterocycles. The van der Waals surface area contributed by atoms with Gasteiger partial charge in [0, 0.05) is 5.92 Å². The second-order valence-corrected chi connectivity index (χ2v) is 3.34. The molecule has 0 N–H and O–H groups in total. The third-order valence-electron chi connectivity index (χ3n) is 2.53. The minimum absolute atomic E-state index is 0.325. The summed E-state index contributed by atoms with van der Waals surface area (Å²) in [7, 11) is 0. The lowest BCUT2D eigenvalue weighted by atomic mass is 9.92. The second kappa shape index (κ2) is 3.70. The number of hydrogen-bond acceptors (Lipinski definition) is 1. The van der Waals surface area contributed by atoms with Crippen LogP contribution < -0.4 is 0 Å². The molecule has 2 atom stereocenters. The van der Waals surface area contributed by atoms with Gasteiger partial charge >= 0.3 is 0 Å². The minimum Gasteiger partial charge on any atom is -0.300 e. The van der Waals surface area contributed by atoms with Crippen molar-refractivity contribution in [1.29, 1.82) is 0 Å². The summed E-state index contributed by atoms with van der Waals surface area (Å²) in [5.41, 5.74) is 0.